The number of nitrogens with one attached hydrogen (secondary N) is 1. The molecule has 0 unspecified atom stereocenters. The van der Waals surface area contributed by atoms with Crippen LogP contribution in [0.15, 0.2) is 48.5 Å². The summed E-state index contributed by atoms with van der Waals surface area (Å²) >= 11 is 0. The highest BCUT2D eigenvalue weighted by molar-refractivity contribution is 6.07. The maximum atomic E-state index is 11.7. The first-order chi connectivity index (χ1) is 10.7. The molecule has 0 aliphatic carbocycles. The van der Waals surface area contributed by atoms with Crippen molar-refractivity contribution in [2.24, 2.45) is 0 Å². The Morgan fingerprint density at radius 1 is 1.14 bits per heavy atom. The lowest BCUT2D eigenvalue weighted by molar-refractivity contribution is -0.121. The van der Waals surface area contributed by atoms with Crippen LogP contribution in [-0.2, 0) is 11.3 Å². The smallest absolute Gasteiger partial charge is 0.303 e. The van der Waals surface area contributed by atoms with Crippen molar-refractivity contribution < 1.29 is 4.79 Å². The Labute approximate surface area is 129 Å². The SMILES string of the molecule is [C-]#[N+][C@@H](C)C(=O)NCCn1c2ccccc2c2ccccc21. The van der Waals surface area contributed by atoms with Crippen LogP contribution in [0.3, 0.4) is 0 Å². The number of benzene rings is 2. The van der Waals surface area contributed by atoms with Crippen molar-refractivity contribution in [2.45, 2.75) is 19.5 Å². The van der Waals surface area contributed by atoms with E-state index in [1.165, 1.54) is 10.8 Å². The number of carbonyl (C=O) groups excluding carboxylic acids is 1. The molecule has 0 bridgehead atoms. The normalized spacial score (nSPS) is 12.2. The highest BCUT2D eigenvalue weighted by atomic mass is 16.2. The number of rotatable bonds is 4. The van der Waals surface area contributed by atoms with Crippen molar-refractivity contribution in [3.8, 4) is 0 Å². The molecule has 1 N–H and O–H groups in total. The Morgan fingerprint density at radius 2 is 1.68 bits per heavy atom. The molecule has 0 aliphatic rings. The van der Waals surface area contributed by atoms with E-state index >= 15 is 0 Å². The fourth-order valence-corrected chi connectivity index (χ4v) is 2.74. The summed E-state index contributed by atoms with van der Waals surface area (Å²) in [6.07, 6.45) is 0. The van der Waals surface area contributed by atoms with Crippen LogP contribution in [0.1, 0.15) is 6.92 Å². The summed E-state index contributed by atoms with van der Waals surface area (Å²) in [5, 5.41) is 5.27. The van der Waals surface area contributed by atoms with Crippen molar-refractivity contribution in [1.29, 1.82) is 0 Å². The monoisotopic (exact) mass is 291 g/mol. The number of amides is 1. The van der Waals surface area contributed by atoms with Crippen LogP contribution >= 0.6 is 0 Å². The molecule has 1 aromatic heterocycles. The molecule has 0 saturated heterocycles. The Hall–Kier alpha value is -2.80. The molecule has 3 rings (SSSR count). The average molecular weight is 291 g/mol. The van der Waals surface area contributed by atoms with E-state index < -0.39 is 6.04 Å². The second-order valence-corrected chi connectivity index (χ2v) is 5.28. The molecule has 2 aromatic carbocycles. The molecule has 1 atom stereocenters. The van der Waals surface area contributed by atoms with Gasteiger partial charge in [0, 0.05) is 41.8 Å². The van der Waals surface area contributed by atoms with Crippen LogP contribution in [0.25, 0.3) is 26.7 Å². The van der Waals surface area contributed by atoms with Crippen molar-refractivity contribution in [3.63, 3.8) is 0 Å². The van der Waals surface area contributed by atoms with Crippen LogP contribution in [0, 0.1) is 6.57 Å². The summed E-state index contributed by atoms with van der Waals surface area (Å²) in [6, 6.07) is 15.9. The zero-order valence-corrected chi connectivity index (χ0v) is 12.4. The van der Waals surface area contributed by atoms with E-state index in [1.54, 1.807) is 6.92 Å². The second kappa shape index (κ2) is 5.90. The lowest BCUT2D eigenvalue weighted by Crippen LogP contribution is -2.33. The Kier molecular flexibility index (Phi) is 3.80. The third kappa shape index (κ3) is 2.42. The van der Waals surface area contributed by atoms with Crippen LogP contribution in [0.5, 0.6) is 0 Å². The summed E-state index contributed by atoms with van der Waals surface area (Å²) < 4.78 is 2.22. The molecule has 0 spiro atoms. The first kappa shape index (κ1) is 14.2. The van der Waals surface area contributed by atoms with Crippen LogP contribution in [0.4, 0.5) is 0 Å². The molecule has 110 valence electrons. The lowest BCUT2D eigenvalue weighted by Gasteiger charge is -2.08. The molecule has 1 amide bonds. The average Bonchev–Trinajstić information content (AvgIpc) is 2.88. The fourth-order valence-electron chi connectivity index (χ4n) is 2.74. The van der Waals surface area contributed by atoms with Gasteiger partial charge in [0.15, 0.2) is 0 Å². The van der Waals surface area contributed by atoms with E-state index in [2.05, 4.69) is 39.0 Å². The van der Waals surface area contributed by atoms with Gasteiger partial charge in [0.1, 0.15) is 0 Å². The summed E-state index contributed by atoms with van der Waals surface area (Å²) in [6.45, 7) is 9.70. The highest BCUT2D eigenvalue weighted by Crippen LogP contribution is 2.28. The van der Waals surface area contributed by atoms with Gasteiger partial charge in [-0.15, -0.1) is 0 Å². The number of hydrogen-bond donors (Lipinski definition) is 1. The molecule has 22 heavy (non-hydrogen) atoms. The number of hydrogen-bond acceptors (Lipinski definition) is 1. The van der Waals surface area contributed by atoms with Crippen LogP contribution < -0.4 is 5.32 Å². The third-order valence-corrected chi connectivity index (χ3v) is 3.89. The van der Waals surface area contributed by atoms with Gasteiger partial charge in [0.25, 0.3) is 6.04 Å². The standard InChI is InChI=1S/C18H17N3O/c1-13(19-2)18(22)20-11-12-21-16-9-5-3-7-14(16)15-8-4-6-10-17(15)21/h3-10,13H,11-12H2,1H3,(H,20,22)/t13-/m0/s1. The number of para-hydroxylation sites is 2. The van der Waals surface area contributed by atoms with Gasteiger partial charge < -0.3 is 14.7 Å². The molecule has 0 radical (unpaired) electrons. The number of aromatic nitrogens is 1. The molecule has 4 nitrogen and oxygen atoms in total. The maximum Gasteiger partial charge on any atom is 0.303 e. The van der Waals surface area contributed by atoms with E-state index in [0.29, 0.717) is 13.1 Å². The van der Waals surface area contributed by atoms with Crippen LogP contribution in [0.2, 0.25) is 0 Å². The quantitative estimate of drug-likeness (QED) is 0.736. The zero-order chi connectivity index (χ0) is 15.5. The van der Waals surface area contributed by atoms with Gasteiger partial charge in [-0.05, 0) is 12.1 Å². The molecule has 1 heterocycles. The van der Waals surface area contributed by atoms with Gasteiger partial charge >= 0.3 is 5.91 Å². The lowest BCUT2D eigenvalue weighted by atomic mass is 10.2. The van der Waals surface area contributed by atoms with Crippen molar-refractivity contribution >= 4 is 27.7 Å². The predicted octanol–water partition coefficient (Wildman–Crippen LogP) is 3.22. The highest BCUT2D eigenvalue weighted by Gasteiger charge is 2.16. The minimum Gasteiger partial charge on any atom is -0.348 e. The molecule has 0 saturated carbocycles. The molecule has 0 fully saturated rings. The summed E-state index contributed by atoms with van der Waals surface area (Å²) in [5.41, 5.74) is 2.33. The number of fused-ring (bicyclic) bond motifs is 3. The maximum absolute atomic E-state index is 11.7. The Balaban J connectivity index is 1.90. The van der Waals surface area contributed by atoms with E-state index in [0.717, 1.165) is 11.0 Å². The topological polar surface area (TPSA) is 38.4 Å². The molecular weight excluding hydrogens is 274 g/mol. The first-order valence-corrected chi connectivity index (χ1v) is 7.32. The van der Waals surface area contributed by atoms with Gasteiger partial charge in [-0.3, -0.25) is 4.79 Å². The minimum atomic E-state index is -0.627. The van der Waals surface area contributed by atoms with Gasteiger partial charge in [0.2, 0.25) is 0 Å². The minimum absolute atomic E-state index is 0.212. The third-order valence-electron chi connectivity index (χ3n) is 3.89. The van der Waals surface area contributed by atoms with Crippen molar-refractivity contribution in [3.05, 3.63) is 59.9 Å². The Bertz CT molecular complexity index is 820. The predicted molar refractivity (Wildman–Crippen MR) is 88.5 cm³/mol. The van der Waals surface area contributed by atoms with Gasteiger partial charge in [-0.2, -0.15) is 0 Å². The van der Waals surface area contributed by atoms with E-state index in [-0.39, 0.29) is 5.91 Å². The van der Waals surface area contributed by atoms with Gasteiger partial charge in [-0.25, -0.2) is 6.57 Å². The Morgan fingerprint density at radius 3 is 2.23 bits per heavy atom. The van der Waals surface area contributed by atoms with Gasteiger partial charge in [0.05, 0.1) is 0 Å². The zero-order valence-electron chi connectivity index (χ0n) is 12.4. The summed E-state index contributed by atoms with van der Waals surface area (Å²) in [7, 11) is 0. The summed E-state index contributed by atoms with van der Waals surface area (Å²) in [5.74, 6) is -0.212. The molecular formula is C18H17N3O. The van der Waals surface area contributed by atoms with Crippen LogP contribution in [-0.4, -0.2) is 23.1 Å². The first-order valence-electron chi connectivity index (χ1n) is 7.32. The van der Waals surface area contributed by atoms with Crippen molar-refractivity contribution in [2.75, 3.05) is 6.54 Å². The van der Waals surface area contributed by atoms with E-state index in [4.69, 9.17) is 6.57 Å². The fraction of sp³-hybridized carbons (Fsp3) is 0.222. The number of carbonyl (C=O) groups is 1. The summed E-state index contributed by atoms with van der Waals surface area (Å²) in [4.78, 5) is 14.9. The van der Waals surface area contributed by atoms with Crippen molar-refractivity contribution in [1.82, 2.24) is 9.88 Å². The number of nitrogens with zero attached hydrogens (tertiary/aromatic N) is 2. The molecule has 3 aromatic rings. The largest absolute Gasteiger partial charge is 0.348 e. The second-order valence-electron chi connectivity index (χ2n) is 5.28. The van der Waals surface area contributed by atoms with E-state index in [9.17, 15) is 4.79 Å². The van der Waals surface area contributed by atoms with E-state index in [1.807, 2.05) is 24.3 Å². The molecule has 0 aliphatic heterocycles. The molecule has 4 heteroatoms. The van der Waals surface area contributed by atoms with Gasteiger partial charge in [-0.1, -0.05) is 36.4 Å².